The predicted molar refractivity (Wildman–Crippen MR) is 82.6 cm³/mol. The summed E-state index contributed by atoms with van der Waals surface area (Å²) in [6.07, 6.45) is 3.35. The molecule has 3 aromatic heterocycles. The van der Waals surface area contributed by atoms with Crippen molar-refractivity contribution in [2.45, 2.75) is 5.92 Å². The van der Waals surface area contributed by atoms with Crippen LogP contribution in [0.5, 0.6) is 0 Å². The Kier molecular flexibility index (Phi) is 3.45. The van der Waals surface area contributed by atoms with Gasteiger partial charge in [0.2, 0.25) is 11.7 Å². The van der Waals surface area contributed by atoms with Crippen molar-refractivity contribution in [1.29, 1.82) is 0 Å². The summed E-state index contributed by atoms with van der Waals surface area (Å²) in [6.45, 7) is 1.07. The molecule has 0 radical (unpaired) electrons. The van der Waals surface area contributed by atoms with Crippen molar-refractivity contribution >= 4 is 21.8 Å². The lowest BCUT2D eigenvalue weighted by molar-refractivity contribution is 0.0535. The summed E-state index contributed by atoms with van der Waals surface area (Å²) in [7, 11) is 0. The molecule has 0 saturated carbocycles. The zero-order valence-corrected chi connectivity index (χ0v) is 13.4. The SMILES string of the molecule is O=C(c1ccc(Br)o1)N1CC(c2nc(-c3ccncc3)no2)C1. The molecule has 0 aromatic carbocycles. The Balaban J connectivity index is 1.42. The fraction of sp³-hybridized carbons (Fsp3) is 0.200. The first-order valence-corrected chi connectivity index (χ1v) is 7.78. The molecule has 1 saturated heterocycles. The molecule has 0 aliphatic carbocycles. The van der Waals surface area contributed by atoms with Crippen molar-refractivity contribution in [3.63, 3.8) is 0 Å². The lowest BCUT2D eigenvalue weighted by Crippen LogP contribution is -2.48. The number of hydrogen-bond donors (Lipinski definition) is 0. The summed E-state index contributed by atoms with van der Waals surface area (Å²) in [6, 6.07) is 6.98. The van der Waals surface area contributed by atoms with E-state index in [2.05, 4.69) is 31.1 Å². The Morgan fingerprint density at radius 1 is 1.22 bits per heavy atom. The van der Waals surface area contributed by atoms with Crippen LogP contribution in [0, 0.1) is 0 Å². The molecule has 3 aromatic rings. The highest BCUT2D eigenvalue weighted by atomic mass is 79.9. The van der Waals surface area contributed by atoms with Gasteiger partial charge in [-0.05, 0) is 40.2 Å². The maximum atomic E-state index is 12.2. The number of carbonyl (C=O) groups excluding carboxylic acids is 1. The first kappa shape index (κ1) is 14.1. The summed E-state index contributed by atoms with van der Waals surface area (Å²) in [5.74, 6) is 1.31. The van der Waals surface area contributed by atoms with Crippen molar-refractivity contribution in [3.05, 3.63) is 53.0 Å². The largest absolute Gasteiger partial charge is 0.444 e. The van der Waals surface area contributed by atoms with Crippen molar-refractivity contribution < 1.29 is 13.7 Å². The van der Waals surface area contributed by atoms with E-state index in [0.29, 0.717) is 35.2 Å². The number of hydrogen-bond acceptors (Lipinski definition) is 6. The summed E-state index contributed by atoms with van der Waals surface area (Å²) in [4.78, 5) is 22.2. The number of halogens is 1. The highest BCUT2D eigenvalue weighted by Gasteiger charge is 2.37. The van der Waals surface area contributed by atoms with Crippen LogP contribution in [0.1, 0.15) is 22.4 Å². The fourth-order valence-corrected chi connectivity index (χ4v) is 2.71. The van der Waals surface area contributed by atoms with Crippen LogP contribution in [0.3, 0.4) is 0 Å². The summed E-state index contributed by atoms with van der Waals surface area (Å²) in [5.41, 5.74) is 0.850. The normalized spacial score (nSPS) is 14.7. The van der Waals surface area contributed by atoms with Gasteiger partial charge in [-0.2, -0.15) is 4.98 Å². The van der Waals surface area contributed by atoms with Gasteiger partial charge in [0.25, 0.3) is 5.91 Å². The molecule has 1 amide bonds. The lowest BCUT2D eigenvalue weighted by Gasteiger charge is -2.36. The Hall–Kier alpha value is -2.48. The zero-order valence-electron chi connectivity index (χ0n) is 11.8. The molecular weight excluding hydrogens is 364 g/mol. The van der Waals surface area contributed by atoms with E-state index in [-0.39, 0.29) is 11.8 Å². The van der Waals surface area contributed by atoms with E-state index in [1.54, 1.807) is 29.4 Å². The van der Waals surface area contributed by atoms with Crippen LogP contribution in [-0.4, -0.2) is 39.0 Å². The van der Waals surface area contributed by atoms with Crippen molar-refractivity contribution in [3.8, 4) is 11.4 Å². The molecule has 0 bridgehead atoms. The zero-order chi connectivity index (χ0) is 15.8. The molecule has 0 atom stereocenters. The van der Waals surface area contributed by atoms with Gasteiger partial charge in [-0.1, -0.05) is 5.16 Å². The molecule has 0 unspecified atom stereocenters. The van der Waals surface area contributed by atoms with Crippen LogP contribution in [0.4, 0.5) is 0 Å². The second kappa shape index (κ2) is 5.62. The average molecular weight is 375 g/mol. The van der Waals surface area contributed by atoms with Crippen LogP contribution in [0.2, 0.25) is 0 Å². The van der Waals surface area contributed by atoms with Gasteiger partial charge < -0.3 is 13.8 Å². The van der Waals surface area contributed by atoms with Gasteiger partial charge in [-0.3, -0.25) is 9.78 Å². The van der Waals surface area contributed by atoms with Crippen LogP contribution in [0.15, 0.2) is 50.3 Å². The van der Waals surface area contributed by atoms with E-state index in [9.17, 15) is 4.79 Å². The minimum Gasteiger partial charge on any atom is -0.444 e. The van der Waals surface area contributed by atoms with E-state index in [4.69, 9.17) is 8.94 Å². The van der Waals surface area contributed by atoms with E-state index in [0.717, 1.165) is 5.56 Å². The molecule has 4 heterocycles. The van der Waals surface area contributed by atoms with Crippen molar-refractivity contribution in [2.75, 3.05) is 13.1 Å². The van der Waals surface area contributed by atoms with Gasteiger partial charge in [-0.15, -0.1) is 0 Å². The number of carbonyl (C=O) groups is 1. The van der Waals surface area contributed by atoms with Crippen LogP contribution in [-0.2, 0) is 0 Å². The number of furan rings is 1. The van der Waals surface area contributed by atoms with Gasteiger partial charge in [-0.25, -0.2) is 0 Å². The van der Waals surface area contributed by atoms with E-state index in [1.165, 1.54) is 0 Å². The minimum absolute atomic E-state index is 0.0560. The molecular formula is C15H11BrN4O3. The number of nitrogens with zero attached hydrogens (tertiary/aromatic N) is 4. The van der Waals surface area contributed by atoms with Crippen molar-refractivity contribution in [1.82, 2.24) is 20.0 Å². The Labute approximate surface area is 139 Å². The van der Waals surface area contributed by atoms with Crippen LogP contribution >= 0.6 is 15.9 Å². The van der Waals surface area contributed by atoms with E-state index >= 15 is 0 Å². The number of pyridine rings is 1. The molecule has 4 rings (SSSR count). The van der Waals surface area contributed by atoms with Crippen LogP contribution < -0.4 is 0 Å². The molecule has 23 heavy (non-hydrogen) atoms. The quantitative estimate of drug-likeness (QED) is 0.700. The molecule has 0 spiro atoms. The number of rotatable bonds is 3. The third-order valence-electron chi connectivity index (χ3n) is 3.68. The highest BCUT2D eigenvalue weighted by molar-refractivity contribution is 9.10. The van der Waals surface area contributed by atoms with E-state index in [1.807, 2.05) is 12.1 Å². The van der Waals surface area contributed by atoms with Gasteiger partial charge in [0, 0.05) is 31.0 Å². The Morgan fingerprint density at radius 2 is 2.00 bits per heavy atom. The maximum Gasteiger partial charge on any atom is 0.289 e. The number of aromatic nitrogens is 3. The summed E-state index contributed by atoms with van der Waals surface area (Å²) >= 11 is 3.19. The first-order valence-electron chi connectivity index (χ1n) is 6.99. The highest BCUT2D eigenvalue weighted by Crippen LogP contribution is 2.29. The standard InChI is InChI=1S/C15H11BrN4O3/c16-12-2-1-11(22-12)15(21)20-7-10(8-20)14-18-13(19-23-14)9-3-5-17-6-4-9/h1-6,10H,7-8H2. The monoisotopic (exact) mass is 374 g/mol. The van der Waals surface area contributed by atoms with Crippen LogP contribution in [0.25, 0.3) is 11.4 Å². The second-order valence-electron chi connectivity index (χ2n) is 5.20. The summed E-state index contributed by atoms with van der Waals surface area (Å²) < 4.78 is 11.1. The topological polar surface area (TPSA) is 85.3 Å². The van der Waals surface area contributed by atoms with Gasteiger partial charge in [0.15, 0.2) is 10.4 Å². The number of likely N-dealkylation sites (tertiary alicyclic amines) is 1. The third kappa shape index (κ3) is 2.65. The van der Waals surface area contributed by atoms with Gasteiger partial charge in [0.05, 0.1) is 5.92 Å². The minimum atomic E-state index is -0.138. The third-order valence-corrected chi connectivity index (χ3v) is 4.11. The Bertz CT molecular complexity index is 839. The van der Waals surface area contributed by atoms with E-state index < -0.39 is 0 Å². The molecule has 1 aliphatic heterocycles. The number of amides is 1. The Morgan fingerprint density at radius 3 is 2.70 bits per heavy atom. The molecule has 7 nitrogen and oxygen atoms in total. The average Bonchev–Trinajstić information content (AvgIpc) is 3.16. The molecule has 1 aliphatic rings. The van der Waals surface area contributed by atoms with Gasteiger partial charge >= 0.3 is 0 Å². The lowest BCUT2D eigenvalue weighted by atomic mass is 10.00. The van der Waals surface area contributed by atoms with Gasteiger partial charge in [0.1, 0.15) is 0 Å². The molecule has 1 fully saturated rings. The fourth-order valence-electron chi connectivity index (χ4n) is 2.40. The predicted octanol–water partition coefficient (Wildman–Crippen LogP) is 2.73. The maximum absolute atomic E-state index is 12.2. The summed E-state index contributed by atoms with van der Waals surface area (Å²) in [5, 5.41) is 3.98. The smallest absolute Gasteiger partial charge is 0.289 e. The molecule has 8 heteroatoms. The first-order chi connectivity index (χ1) is 11.2. The molecule has 116 valence electrons. The van der Waals surface area contributed by atoms with Crippen molar-refractivity contribution in [2.24, 2.45) is 0 Å². The molecule has 0 N–H and O–H groups in total. The second-order valence-corrected chi connectivity index (χ2v) is 5.98.